The molecule has 0 saturated heterocycles. The molecule has 0 radical (unpaired) electrons. The topological polar surface area (TPSA) is 12.5 Å². The number of rotatable bonds is 2. The summed E-state index contributed by atoms with van der Waals surface area (Å²) in [7, 11) is 5.69. The maximum Gasteiger partial charge on any atom is 0.131 e. The van der Waals surface area contributed by atoms with Gasteiger partial charge in [0.2, 0.25) is 0 Å². The molecular formula is C11H12ClNOS. The van der Waals surface area contributed by atoms with Crippen LogP contribution in [0.3, 0.4) is 0 Å². The maximum atomic E-state index is 6.11. The Balaban J connectivity index is 2.73. The lowest BCUT2D eigenvalue weighted by Crippen LogP contribution is -2.08. The summed E-state index contributed by atoms with van der Waals surface area (Å²) in [5.41, 5.74) is 1.12. The number of ether oxygens (including phenoxy) is 1. The molecule has 0 unspecified atom stereocenters. The Kier molecular flexibility index (Phi) is 2.76. The standard InChI is InChI=1S/C11H12ClNOS/c1-13(2)7-4-9(14-3)11-8(12)6-15-10(11)5-7/h4-6H,1-3H3. The Hall–Kier alpha value is -0.930. The van der Waals surface area contributed by atoms with E-state index in [4.69, 9.17) is 16.3 Å². The average Bonchev–Trinajstić information content (AvgIpc) is 2.59. The van der Waals surface area contributed by atoms with Crippen molar-refractivity contribution in [1.82, 2.24) is 0 Å². The fourth-order valence-corrected chi connectivity index (χ4v) is 2.75. The van der Waals surface area contributed by atoms with E-state index in [1.165, 1.54) is 0 Å². The number of fused-ring (bicyclic) bond motifs is 1. The van der Waals surface area contributed by atoms with Crippen LogP contribution in [0, 0.1) is 0 Å². The molecule has 0 atom stereocenters. The lowest BCUT2D eigenvalue weighted by atomic mass is 10.2. The highest BCUT2D eigenvalue weighted by molar-refractivity contribution is 7.18. The molecule has 0 spiro atoms. The van der Waals surface area contributed by atoms with Crippen LogP contribution in [-0.4, -0.2) is 21.2 Å². The van der Waals surface area contributed by atoms with Crippen molar-refractivity contribution in [2.45, 2.75) is 0 Å². The van der Waals surface area contributed by atoms with Gasteiger partial charge in [-0.15, -0.1) is 11.3 Å². The predicted octanol–water partition coefficient (Wildman–Crippen LogP) is 3.63. The minimum absolute atomic E-state index is 0.761. The summed E-state index contributed by atoms with van der Waals surface area (Å²) >= 11 is 7.74. The molecule has 0 N–H and O–H groups in total. The van der Waals surface area contributed by atoms with E-state index in [1.54, 1.807) is 18.4 Å². The van der Waals surface area contributed by atoms with Gasteiger partial charge in [0, 0.05) is 35.9 Å². The lowest BCUT2D eigenvalue weighted by molar-refractivity contribution is 0.420. The Morgan fingerprint density at radius 1 is 1.33 bits per heavy atom. The molecular weight excluding hydrogens is 230 g/mol. The highest BCUT2D eigenvalue weighted by atomic mass is 35.5. The van der Waals surface area contributed by atoms with Crippen LogP contribution in [0.1, 0.15) is 0 Å². The summed E-state index contributed by atoms with van der Waals surface area (Å²) in [6.07, 6.45) is 0. The van der Waals surface area contributed by atoms with E-state index in [0.717, 1.165) is 26.5 Å². The zero-order valence-corrected chi connectivity index (χ0v) is 10.4. The third-order valence-corrected chi connectivity index (χ3v) is 3.67. The molecule has 0 bridgehead atoms. The number of methoxy groups -OCH3 is 1. The smallest absolute Gasteiger partial charge is 0.131 e. The average molecular weight is 242 g/mol. The normalized spacial score (nSPS) is 10.7. The van der Waals surface area contributed by atoms with Crippen LogP contribution >= 0.6 is 22.9 Å². The van der Waals surface area contributed by atoms with Gasteiger partial charge in [-0.05, 0) is 6.07 Å². The predicted molar refractivity (Wildman–Crippen MR) is 67.7 cm³/mol. The van der Waals surface area contributed by atoms with Crippen molar-refractivity contribution in [1.29, 1.82) is 0 Å². The molecule has 0 fully saturated rings. The summed E-state index contributed by atoms with van der Waals surface area (Å²) < 4.78 is 6.51. The number of thiophene rings is 1. The minimum atomic E-state index is 0.761. The Labute approximate surface area is 98.0 Å². The molecule has 1 aromatic carbocycles. The van der Waals surface area contributed by atoms with Gasteiger partial charge in [-0.25, -0.2) is 0 Å². The molecule has 1 heterocycles. The second kappa shape index (κ2) is 3.91. The second-order valence-electron chi connectivity index (χ2n) is 3.50. The van der Waals surface area contributed by atoms with E-state index >= 15 is 0 Å². The zero-order valence-electron chi connectivity index (χ0n) is 8.87. The zero-order chi connectivity index (χ0) is 11.0. The van der Waals surface area contributed by atoms with Gasteiger partial charge in [0.25, 0.3) is 0 Å². The molecule has 15 heavy (non-hydrogen) atoms. The molecule has 4 heteroatoms. The van der Waals surface area contributed by atoms with Gasteiger partial charge in [0.1, 0.15) is 5.75 Å². The minimum Gasteiger partial charge on any atom is -0.496 e. The van der Waals surface area contributed by atoms with Crippen molar-refractivity contribution in [3.05, 3.63) is 22.5 Å². The van der Waals surface area contributed by atoms with E-state index in [2.05, 4.69) is 11.0 Å². The molecule has 2 rings (SSSR count). The lowest BCUT2D eigenvalue weighted by Gasteiger charge is -2.14. The summed E-state index contributed by atoms with van der Waals surface area (Å²) in [5.74, 6) is 0.836. The van der Waals surface area contributed by atoms with Gasteiger partial charge >= 0.3 is 0 Å². The SMILES string of the molecule is COc1cc(N(C)C)cc2scc(Cl)c12. The van der Waals surface area contributed by atoms with Crippen molar-refractivity contribution >= 4 is 38.7 Å². The third-order valence-electron chi connectivity index (χ3n) is 2.32. The van der Waals surface area contributed by atoms with Gasteiger partial charge in [0.15, 0.2) is 0 Å². The van der Waals surface area contributed by atoms with E-state index in [-0.39, 0.29) is 0 Å². The molecule has 2 nitrogen and oxygen atoms in total. The van der Waals surface area contributed by atoms with Crippen LogP contribution in [0.25, 0.3) is 10.1 Å². The van der Waals surface area contributed by atoms with Gasteiger partial charge < -0.3 is 9.64 Å². The van der Waals surface area contributed by atoms with Crippen molar-refractivity contribution in [3.8, 4) is 5.75 Å². The van der Waals surface area contributed by atoms with E-state index in [0.29, 0.717) is 0 Å². The second-order valence-corrected chi connectivity index (χ2v) is 4.82. The number of halogens is 1. The van der Waals surface area contributed by atoms with Crippen molar-refractivity contribution in [2.75, 3.05) is 26.1 Å². The van der Waals surface area contributed by atoms with Crippen LogP contribution in [0.5, 0.6) is 5.75 Å². The largest absolute Gasteiger partial charge is 0.496 e. The van der Waals surface area contributed by atoms with Crippen LogP contribution in [0.2, 0.25) is 5.02 Å². The first-order chi connectivity index (χ1) is 7.13. The third kappa shape index (κ3) is 1.77. The van der Waals surface area contributed by atoms with Crippen LogP contribution in [-0.2, 0) is 0 Å². The van der Waals surface area contributed by atoms with Crippen LogP contribution in [0.4, 0.5) is 5.69 Å². The summed E-state index contributed by atoms with van der Waals surface area (Å²) in [6.45, 7) is 0. The van der Waals surface area contributed by atoms with Crippen LogP contribution < -0.4 is 9.64 Å². The van der Waals surface area contributed by atoms with Gasteiger partial charge in [0.05, 0.1) is 17.5 Å². The molecule has 0 aliphatic heterocycles. The van der Waals surface area contributed by atoms with Crippen molar-refractivity contribution in [2.24, 2.45) is 0 Å². The molecule has 1 aromatic heterocycles. The molecule has 0 aliphatic carbocycles. The Morgan fingerprint density at radius 2 is 2.07 bits per heavy atom. The Morgan fingerprint density at radius 3 is 2.67 bits per heavy atom. The number of hydrogen-bond donors (Lipinski definition) is 0. The highest BCUT2D eigenvalue weighted by Crippen LogP contribution is 2.39. The Bertz CT molecular complexity index is 493. The van der Waals surface area contributed by atoms with E-state index < -0.39 is 0 Å². The summed E-state index contributed by atoms with van der Waals surface area (Å²) in [5, 5.41) is 3.71. The fraction of sp³-hybridized carbons (Fsp3) is 0.273. The van der Waals surface area contributed by atoms with Gasteiger partial charge in [-0.3, -0.25) is 0 Å². The highest BCUT2D eigenvalue weighted by Gasteiger charge is 2.10. The molecule has 2 aromatic rings. The molecule has 80 valence electrons. The molecule has 0 aliphatic rings. The van der Waals surface area contributed by atoms with Gasteiger partial charge in [-0.2, -0.15) is 0 Å². The maximum absolute atomic E-state index is 6.11. The summed E-state index contributed by atoms with van der Waals surface area (Å²) in [4.78, 5) is 2.05. The quantitative estimate of drug-likeness (QED) is 0.796. The number of hydrogen-bond acceptors (Lipinski definition) is 3. The number of nitrogens with zero attached hydrogens (tertiary/aromatic N) is 1. The van der Waals surface area contributed by atoms with Gasteiger partial charge in [-0.1, -0.05) is 11.6 Å². The number of benzene rings is 1. The van der Waals surface area contributed by atoms with E-state index in [9.17, 15) is 0 Å². The first-order valence-electron chi connectivity index (χ1n) is 4.55. The monoisotopic (exact) mass is 241 g/mol. The van der Waals surface area contributed by atoms with Crippen molar-refractivity contribution < 1.29 is 4.74 Å². The molecule has 0 amide bonds. The van der Waals surface area contributed by atoms with E-state index in [1.807, 2.05) is 25.5 Å². The first-order valence-corrected chi connectivity index (χ1v) is 5.81. The summed E-state index contributed by atoms with van der Waals surface area (Å²) in [6, 6.07) is 4.12. The van der Waals surface area contributed by atoms with Crippen molar-refractivity contribution in [3.63, 3.8) is 0 Å². The number of anilines is 1. The molecule has 0 saturated carbocycles. The van der Waals surface area contributed by atoms with Crippen LogP contribution in [0.15, 0.2) is 17.5 Å². The first kappa shape index (κ1) is 10.6. The fourth-order valence-electron chi connectivity index (χ4n) is 1.50.